The summed E-state index contributed by atoms with van der Waals surface area (Å²) >= 11 is 0. The smallest absolute Gasteiger partial charge is 0.0604 e. The van der Waals surface area contributed by atoms with Crippen molar-refractivity contribution in [1.29, 1.82) is 0 Å². The number of hydrogen-bond donors (Lipinski definition) is 6. The van der Waals surface area contributed by atoms with E-state index in [4.69, 9.17) is 10.2 Å². The monoisotopic (exact) mass is 330 g/mol. The lowest BCUT2D eigenvalue weighted by Crippen LogP contribution is -2.13. The molecule has 6 nitrogen and oxygen atoms in total. The van der Waals surface area contributed by atoms with Crippen LogP contribution in [-0.4, -0.2) is 49.6 Å². The summed E-state index contributed by atoms with van der Waals surface area (Å²) in [4.78, 5) is 0. The van der Waals surface area contributed by atoms with E-state index < -0.39 is 0 Å². The Bertz CT molecular complexity index is 519. The van der Waals surface area contributed by atoms with Crippen molar-refractivity contribution in [3.8, 4) is 0 Å². The van der Waals surface area contributed by atoms with Crippen molar-refractivity contribution in [2.45, 2.75) is 0 Å². The van der Waals surface area contributed by atoms with Crippen LogP contribution >= 0.6 is 0 Å². The molecule has 0 unspecified atom stereocenters. The van der Waals surface area contributed by atoms with Gasteiger partial charge in [0.25, 0.3) is 0 Å². The second-order valence-corrected chi connectivity index (χ2v) is 5.31. The second-order valence-electron chi connectivity index (χ2n) is 5.31. The maximum Gasteiger partial charge on any atom is 0.0604 e. The zero-order valence-electron chi connectivity index (χ0n) is 13.8. The fourth-order valence-electron chi connectivity index (χ4n) is 2.23. The van der Waals surface area contributed by atoms with Crippen LogP contribution < -0.4 is 21.3 Å². The highest BCUT2D eigenvalue weighted by atomic mass is 16.3. The molecule has 2 rings (SSSR count). The Morgan fingerprint density at radius 1 is 0.458 bits per heavy atom. The number of aliphatic hydroxyl groups is 2. The summed E-state index contributed by atoms with van der Waals surface area (Å²) in [5, 5.41) is 30.5. The highest BCUT2D eigenvalue weighted by Crippen LogP contribution is 2.14. The summed E-state index contributed by atoms with van der Waals surface area (Å²) < 4.78 is 0. The SMILES string of the molecule is OCCNc1ccc(NCCNc2ccc(NCCO)cc2)cc1. The molecule has 0 heterocycles. The third kappa shape index (κ3) is 6.36. The molecule has 0 aliphatic carbocycles. The molecule has 0 aliphatic rings. The fraction of sp³-hybridized carbons (Fsp3) is 0.333. The van der Waals surface area contributed by atoms with E-state index in [0.29, 0.717) is 13.1 Å². The molecule has 0 aliphatic heterocycles. The number of aliphatic hydroxyl groups excluding tert-OH is 2. The van der Waals surface area contributed by atoms with E-state index in [9.17, 15) is 0 Å². The van der Waals surface area contributed by atoms with Crippen molar-refractivity contribution in [3.63, 3.8) is 0 Å². The van der Waals surface area contributed by atoms with E-state index in [1.165, 1.54) is 0 Å². The molecule has 0 atom stereocenters. The Morgan fingerprint density at radius 3 is 0.958 bits per heavy atom. The maximum atomic E-state index is 8.78. The molecule has 0 spiro atoms. The summed E-state index contributed by atoms with van der Waals surface area (Å²) in [6, 6.07) is 16.0. The van der Waals surface area contributed by atoms with Crippen molar-refractivity contribution >= 4 is 22.7 Å². The predicted octanol–water partition coefficient (Wildman–Crippen LogP) is 2.02. The van der Waals surface area contributed by atoms with Gasteiger partial charge in [0.15, 0.2) is 0 Å². The van der Waals surface area contributed by atoms with E-state index in [2.05, 4.69) is 21.3 Å². The maximum absolute atomic E-state index is 8.78. The lowest BCUT2D eigenvalue weighted by atomic mass is 10.2. The summed E-state index contributed by atoms with van der Waals surface area (Å²) in [7, 11) is 0. The van der Waals surface area contributed by atoms with Gasteiger partial charge in [0.05, 0.1) is 13.2 Å². The van der Waals surface area contributed by atoms with Gasteiger partial charge in [0.1, 0.15) is 0 Å². The van der Waals surface area contributed by atoms with Crippen molar-refractivity contribution in [2.75, 3.05) is 60.7 Å². The Morgan fingerprint density at radius 2 is 0.708 bits per heavy atom. The van der Waals surface area contributed by atoms with Gasteiger partial charge in [-0.15, -0.1) is 0 Å². The van der Waals surface area contributed by atoms with Crippen LogP contribution in [0, 0.1) is 0 Å². The Hall–Kier alpha value is -2.44. The van der Waals surface area contributed by atoms with Gasteiger partial charge >= 0.3 is 0 Å². The van der Waals surface area contributed by atoms with E-state index in [0.717, 1.165) is 35.8 Å². The van der Waals surface area contributed by atoms with Gasteiger partial charge in [0.2, 0.25) is 0 Å². The Kier molecular flexibility index (Phi) is 7.73. The summed E-state index contributed by atoms with van der Waals surface area (Å²) in [5.74, 6) is 0. The van der Waals surface area contributed by atoms with Gasteiger partial charge in [-0.05, 0) is 48.5 Å². The van der Waals surface area contributed by atoms with Crippen LogP contribution in [-0.2, 0) is 0 Å². The van der Waals surface area contributed by atoms with E-state index in [1.54, 1.807) is 0 Å². The Labute approximate surface area is 142 Å². The van der Waals surface area contributed by atoms with Crippen LogP contribution in [0.1, 0.15) is 0 Å². The highest BCUT2D eigenvalue weighted by Gasteiger charge is 1.96. The average Bonchev–Trinajstić information content (AvgIpc) is 2.64. The molecule has 2 aromatic carbocycles. The minimum absolute atomic E-state index is 0.129. The van der Waals surface area contributed by atoms with Crippen LogP contribution in [0.3, 0.4) is 0 Å². The lowest BCUT2D eigenvalue weighted by Gasteiger charge is -2.11. The molecule has 130 valence electrons. The molecule has 0 aromatic heterocycles. The standard InChI is InChI=1S/C18H26N4O2/c23-13-11-21-17-5-1-15(2-6-17)19-9-10-20-16-3-7-18(8-4-16)22-12-14-24/h1-8,19-24H,9-14H2. The third-order valence-corrected chi connectivity index (χ3v) is 3.43. The van der Waals surface area contributed by atoms with Crippen LogP contribution in [0.5, 0.6) is 0 Å². The molecule has 0 saturated heterocycles. The zero-order valence-corrected chi connectivity index (χ0v) is 13.8. The molecule has 0 fully saturated rings. The van der Waals surface area contributed by atoms with Crippen molar-refractivity contribution < 1.29 is 10.2 Å². The molecule has 0 bridgehead atoms. The average molecular weight is 330 g/mol. The quantitative estimate of drug-likeness (QED) is 0.353. The van der Waals surface area contributed by atoms with Crippen molar-refractivity contribution in [3.05, 3.63) is 48.5 Å². The molecule has 0 radical (unpaired) electrons. The predicted molar refractivity (Wildman–Crippen MR) is 101 cm³/mol. The van der Waals surface area contributed by atoms with Crippen LogP contribution in [0.25, 0.3) is 0 Å². The first-order valence-electron chi connectivity index (χ1n) is 8.19. The second kappa shape index (κ2) is 10.4. The fourth-order valence-corrected chi connectivity index (χ4v) is 2.23. The van der Waals surface area contributed by atoms with Crippen molar-refractivity contribution in [2.24, 2.45) is 0 Å². The molecule has 2 aromatic rings. The molecule has 6 N–H and O–H groups in total. The van der Waals surface area contributed by atoms with Gasteiger partial charge in [-0.25, -0.2) is 0 Å². The minimum atomic E-state index is 0.129. The minimum Gasteiger partial charge on any atom is -0.395 e. The van der Waals surface area contributed by atoms with E-state index >= 15 is 0 Å². The summed E-state index contributed by atoms with van der Waals surface area (Å²) in [5.41, 5.74) is 4.13. The van der Waals surface area contributed by atoms with Gasteiger partial charge < -0.3 is 31.5 Å². The molecule has 24 heavy (non-hydrogen) atoms. The zero-order chi connectivity index (χ0) is 17.0. The van der Waals surface area contributed by atoms with Gasteiger partial charge in [-0.3, -0.25) is 0 Å². The number of anilines is 4. The number of benzene rings is 2. The van der Waals surface area contributed by atoms with Crippen LogP contribution in [0.4, 0.5) is 22.7 Å². The summed E-state index contributed by atoms with van der Waals surface area (Å²) in [6.07, 6.45) is 0. The number of nitrogens with one attached hydrogen (secondary N) is 4. The molecule has 6 heteroatoms. The number of hydrogen-bond acceptors (Lipinski definition) is 6. The van der Waals surface area contributed by atoms with Gasteiger partial charge in [-0.2, -0.15) is 0 Å². The van der Waals surface area contributed by atoms with E-state index in [-0.39, 0.29) is 13.2 Å². The topological polar surface area (TPSA) is 88.6 Å². The van der Waals surface area contributed by atoms with Crippen LogP contribution in [0.2, 0.25) is 0 Å². The Balaban J connectivity index is 1.67. The molecule has 0 saturated carbocycles. The molecular formula is C18H26N4O2. The first-order chi connectivity index (χ1) is 11.8. The lowest BCUT2D eigenvalue weighted by molar-refractivity contribution is 0.311. The van der Waals surface area contributed by atoms with E-state index in [1.807, 2.05) is 48.5 Å². The largest absolute Gasteiger partial charge is 0.395 e. The third-order valence-electron chi connectivity index (χ3n) is 3.43. The van der Waals surface area contributed by atoms with Crippen molar-refractivity contribution in [1.82, 2.24) is 0 Å². The highest BCUT2D eigenvalue weighted by molar-refractivity contribution is 5.55. The van der Waals surface area contributed by atoms with Gasteiger partial charge in [-0.1, -0.05) is 0 Å². The van der Waals surface area contributed by atoms with Crippen LogP contribution in [0.15, 0.2) is 48.5 Å². The van der Waals surface area contributed by atoms with Gasteiger partial charge in [0, 0.05) is 48.9 Å². The normalized spacial score (nSPS) is 10.2. The first-order valence-corrected chi connectivity index (χ1v) is 8.19. The summed E-state index contributed by atoms with van der Waals surface area (Å²) in [6.45, 7) is 3.01. The number of rotatable bonds is 11. The first kappa shape index (κ1) is 17.9. The molecule has 0 amide bonds. The molecular weight excluding hydrogens is 304 g/mol.